The monoisotopic (exact) mass is 393 g/mol. The molecule has 0 saturated heterocycles. The molecule has 0 unspecified atom stereocenters. The van der Waals surface area contributed by atoms with Gasteiger partial charge < -0.3 is 10.1 Å². The number of methoxy groups -OCH3 is 1. The zero-order valence-corrected chi connectivity index (χ0v) is 14.6. The maximum Gasteiger partial charge on any atom is 0.265 e. The topological polar surface area (TPSA) is 38.3 Å². The number of thiophene rings is 1. The van der Waals surface area contributed by atoms with E-state index in [4.69, 9.17) is 4.74 Å². The van der Waals surface area contributed by atoms with Gasteiger partial charge in [0.05, 0.1) is 12.5 Å². The van der Waals surface area contributed by atoms with E-state index < -0.39 is 0 Å². The van der Waals surface area contributed by atoms with Crippen LogP contribution < -0.4 is 10.1 Å². The highest BCUT2D eigenvalue weighted by Crippen LogP contribution is 2.39. The first-order valence-corrected chi connectivity index (χ1v) is 8.48. The SMILES string of the molecule is COc1c(C(=O)NCc2ccc(Br)cc2)sc2cccc(F)c12. The Balaban J connectivity index is 1.86. The molecule has 3 nitrogen and oxygen atoms in total. The Bertz CT molecular complexity index is 861. The molecule has 0 spiro atoms. The molecule has 6 heteroatoms. The molecular formula is C17H13BrFNO2S. The average molecular weight is 394 g/mol. The Morgan fingerprint density at radius 1 is 1.26 bits per heavy atom. The second-order valence-corrected chi connectivity index (χ2v) is 6.85. The lowest BCUT2D eigenvalue weighted by Gasteiger charge is -2.06. The summed E-state index contributed by atoms with van der Waals surface area (Å²) in [6.45, 7) is 0.395. The molecule has 1 N–H and O–H groups in total. The first-order chi connectivity index (χ1) is 11.1. The van der Waals surface area contributed by atoms with E-state index in [1.54, 1.807) is 12.1 Å². The number of nitrogens with one attached hydrogen (secondary N) is 1. The maximum absolute atomic E-state index is 14.0. The fourth-order valence-corrected chi connectivity index (χ4v) is 3.65. The molecule has 3 rings (SSSR count). The van der Waals surface area contributed by atoms with Crippen LogP contribution in [0.25, 0.3) is 10.1 Å². The third kappa shape index (κ3) is 3.23. The number of benzene rings is 2. The van der Waals surface area contributed by atoms with E-state index >= 15 is 0 Å². The number of carbonyl (C=O) groups is 1. The van der Waals surface area contributed by atoms with E-state index in [1.807, 2.05) is 24.3 Å². The Morgan fingerprint density at radius 3 is 2.70 bits per heavy atom. The number of amides is 1. The van der Waals surface area contributed by atoms with Crippen molar-refractivity contribution in [3.05, 3.63) is 63.2 Å². The Morgan fingerprint density at radius 2 is 2.00 bits per heavy atom. The van der Waals surface area contributed by atoms with Crippen molar-refractivity contribution >= 4 is 43.3 Å². The van der Waals surface area contributed by atoms with Gasteiger partial charge in [0.15, 0.2) is 5.75 Å². The number of hydrogen-bond acceptors (Lipinski definition) is 3. The van der Waals surface area contributed by atoms with E-state index in [0.29, 0.717) is 21.5 Å². The summed E-state index contributed by atoms with van der Waals surface area (Å²) in [5, 5.41) is 3.20. The zero-order chi connectivity index (χ0) is 16.4. The van der Waals surface area contributed by atoms with Gasteiger partial charge in [-0.25, -0.2) is 4.39 Å². The van der Waals surface area contributed by atoms with E-state index in [9.17, 15) is 9.18 Å². The van der Waals surface area contributed by atoms with Crippen molar-refractivity contribution in [2.45, 2.75) is 6.54 Å². The van der Waals surface area contributed by atoms with Crippen LogP contribution in [0.2, 0.25) is 0 Å². The fourth-order valence-electron chi connectivity index (χ4n) is 2.29. The van der Waals surface area contributed by atoms with Gasteiger partial charge in [0.2, 0.25) is 0 Å². The van der Waals surface area contributed by atoms with E-state index in [1.165, 1.54) is 24.5 Å². The lowest BCUT2D eigenvalue weighted by Crippen LogP contribution is -2.22. The van der Waals surface area contributed by atoms with Crippen LogP contribution in [0.4, 0.5) is 4.39 Å². The molecular weight excluding hydrogens is 381 g/mol. The molecule has 0 saturated carbocycles. The summed E-state index contributed by atoms with van der Waals surface area (Å²) < 4.78 is 20.9. The van der Waals surface area contributed by atoms with Crippen molar-refractivity contribution in [3.8, 4) is 5.75 Å². The summed E-state index contributed by atoms with van der Waals surface area (Å²) in [7, 11) is 1.44. The number of ether oxygens (including phenoxy) is 1. The standard InChI is InChI=1S/C17H13BrFNO2S/c1-22-15-14-12(19)3-2-4-13(14)23-16(15)17(21)20-9-10-5-7-11(18)8-6-10/h2-8H,9H2,1H3,(H,20,21). The van der Waals surface area contributed by atoms with Crippen molar-refractivity contribution in [1.29, 1.82) is 0 Å². The molecule has 1 aromatic heterocycles. The number of halogens is 2. The van der Waals surface area contributed by atoms with Crippen LogP contribution >= 0.6 is 27.3 Å². The quantitative estimate of drug-likeness (QED) is 0.694. The van der Waals surface area contributed by atoms with Gasteiger partial charge in [-0.15, -0.1) is 11.3 Å². The van der Waals surface area contributed by atoms with Crippen molar-refractivity contribution in [3.63, 3.8) is 0 Å². The van der Waals surface area contributed by atoms with Crippen LogP contribution in [0.1, 0.15) is 15.2 Å². The fraction of sp³-hybridized carbons (Fsp3) is 0.118. The van der Waals surface area contributed by atoms with Crippen molar-refractivity contribution in [2.75, 3.05) is 7.11 Å². The highest BCUT2D eigenvalue weighted by molar-refractivity contribution is 9.10. The van der Waals surface area contributed by atoms with Gasteiger partial charge in [-0.1, -0.05) is 34.1 Å². The van der Waals surface area contributed by atoms with Gasteiger partial charge in [0.25, 0.3) is 5.91 Å². The number of hydrogen-bond donors (Lipinski definition) is 1. The minimum absolute atomic E-state index is 0.273. The summed E-state index contributed by atoms with van der Waals surface area (Å²) in [6, 6.07) is 12.4. The number of carbonyl (C=O) groups excluding carboxylic acids is 1. The molecule has 1 heterocycles. The minimum Gasteiger partial charge on any atom is -0.494 e. The van der Waals surface area contributed by atoms with Gasteiger partial charge in [-0.05, 0) is 29.8 Å². The Hall–Kier alpha value is -1.92. The van der Waals surface area contributed by atoms with Gasteiger partial charge in [-0.2, -0.15) is 0 Å². The molecule has 0 aliphatic carbocycles. The first kappa shape index (κ1) is 16.0. The second-order valence-electron chi connectivity index (χ2n) is 4.89. The van der Waals surface area contributed by atoms with Gasteiger partial charge in [0.1, 0.15) is 10.7 Å². The smallest absolute Gasteiger partial charge is 0.265 e. The minimum atomic E-state index is -0.387. The van der Waals surface area contributed by atoms with Crippen molar-refractivity contribution in [2.24, 2.45) is 0 Å². The number of fused-ring (bicyclic) bond motifs is 1. The molecule has 0 aliphatic rings. The second kappa shape index (κ2) is 6.68. The van der Waals surface area contributed by atoms with Gasteiger partial charge in [0, 0.05) is 15.7 Å². The molecule has 0 bridgehead atoms. The van der Waals surface area contributed by atoms with Crippen LogP contribution in [-0.4, -0.2) is 13.0 Å². The highest BCUT2D eigenvalue weighted by atomic mass is 79.9. The maximum atomic E-state index is 14.0. The van der Waals surface area contributed by atoms with E-state index in [0.717, 1.165) is 10.0 Å². The largest absolute Gasteiger partial charge is 0.494 e. The molecule has 3 aromatic rings. The molecule has 1 amide bonds. The van der Waals surface area contributed by atoms with Crippen LogP contribution in [0.3, 0.4) is 0 Å². The molecule has 23 heavy (non-hydrogen) atoms. The van der Waals surface area contributed by atoms with E-state index in [-0.39, 0.29) is 17.5 Å². The van der Waals surface area contributed by atoms with Crippen LogP contribution in [0.5, 0.6) is 5.75 Å². The Kier molecular flexibility index (Phi) is 4.63. The molecule has 2 aromatic carbocycles. The molecule has 0 aliphatic heterocycles. The average Bonchev–Trinajstić information content (AvgIpc) is 2.94. The van der Waals surface area contributed by atoms with Crippen molar-refractivity contribution in [1.82, 2.24) is 5.32 Å². The van der Waals surface area contributed by atoms with Crippen LogP contribution in [0.15, 0.2) is 46.9 Å². The van der Waals surface area contributed by atoms with Gasteiger partial charge >= 0.3 is 0 Å². The lowest BCUT2D eigenvalue weighted by molar-refractivity contribution is 0.0952. The highest BCUT2D eigenvalue weighted by Gasteiger charge is 2.21. The predicted molar refractivity (Wildman–Crippen MR) is 93.6 cm³/mol. The summed E-state index contributed by atoms with van der Waals surface area (Å²) >= 11 is 4.59. The summed E-state index contributed by atoms with van der Waals surface area (Å²) in [6.07, 6.45) is 0. The summed E-state index contributed by atoms with van der Waals surface area (Å²) in [4.78, 5) is 12.8. The lowest BCUT2D eigenvalue weighted by atomic mass is 10.2. The zero-order valence-electron chi connectivity index (χ0n) is 12.2. The first-order valence-electron chi connectivity index (χ1n) is 6.88. The predicted octanol–water partition coefficient (Wildman–Crippen LogP) is 4.74. The molecule has 0 fully saturated rings. The number of rotatable bonds is 4. The normalized spacial score (nSPS) is 10.7. The van der Waals surface area contributed by atoms with Gasteiger partial charge in [-0.3, -0.25) is 4.79 Å². The molecule has 0 atom stereocenters. The van der Waals surface area contributed by atoms with Crippen LogP contribution in [0, 0.1) is 5.82 Å². The molecule has 118 valence electrons. The summed E-state index contributed by atoms with van der Waals surface area (Å²) in [5.74, 6) is -0.371. The third-order valence-electron chi connectivity index (χ3n) is 3.40. The third-order valence-corrected chi connectivity index (χ3v) is 5.06. The summed E-state index contributed by atoms with van der Waals surface area (Å²) in [5.41, 5.74) is 0.979. The molecule has 0 radical (unpaired) electrons. The van der Waals surface area contributed by atoms with E-state index in [2.05, 4.69) is 21.2 Å². The van der Waals surface area contributed by atoms with Crippen molar-refractivity contribution < 1.29 is 13.9 Å². The van der Waals surface area contributed by atoms with Crippen LogP contribution in [-0.2, 0) is 6.54 Å². The Labute approximate surface area is 145 Å².